The molecule has 0 radical (unpaired) electrons. The summed E-state index contributed by atoms with van der Waals surface area (Å²) in [5.74, 6) is 0.942. The molecule has 210 valence electrons. The summed E-state index contributed by atoms with van der Waals surface area (Å²) in [5.41, 5.74) is 2.66. The zero-order chi connectivity index (χ0) is 29.2. The van der Waals surface area contributed by atoms with Crippen LogP contribution in [0.4, 0.5) is 0 Å². The third-order valence-corrected chi connectivity index (χ3v) is 16.7. The highest BCUT2D eigenvalue weighted by Gasteiger charge is 2.40. The summed E-state index contributed by atoms with van der Waals surface area (Å²) in [6, 6.07) is 20.2. The second-order valence-electron chi connectivity index (χ2n) is 13.2. The summed E-state index contributed by atoms with van der Waals surface area (Å²) in [6.07, 6.45) is 0. The first-order chi connectivity index (χ1) is 17.9. The van der Waals surface area contributed by atoms with Crippen molar-refractivity contribution in [2.75, 3.05) is 0 Å². The maximum absolute atomic E-state index is 12.9. The van der Waals surface area contributed by atoms with Crippen LogP contribution in [0.2, 0.25) is 36.3 Å². The number of benzene rings is 3. The van der Waals surface area contributed by atoms with Gasteiger partial charge in [0.2, 0.25) is 16.6 Å². The molecule has 3 aromatic rings. The molecule has 0 spiro atoms. The van der Waals surface area contributed by atoms with Crippen molar-refractivity contribution in [2.45, 2.75) is 84.4 Å². The first-order valence-corrected chi connectivity index (χ1v) is 19.3. The van der Waals surface area contributed by atoms with Gasteiger partial charge < -0.3 is 18.7 Å². The van der Waals surface area contributed by atoms with Crippen LogP contribution in [0, 0.1) is 0 Å². The van der Waals surface area contributed by atoms with E-state index in [9.17, 15) is 9.90 Å². The van der Waals surface area contributed by atoms with E-state index in [2.05, 4.69) is 67.7 Å². The normalized spacial score (nSPS) is 12.7. The predicted molar refractivity (Wildman–Crippen MR) is 165 cm³/mol. The maximum atomic E-state index is 12.9. The molecule has 0 bridgehead atoms. The van der Waals surface area contributed by atoms with Crippen molar-refractivity contribution in [2.24, 2.45) is 0 Å². The monoisotopic (exact) mass is 564 g/mol. The first kappa shape index (κ1) is 30.5. The standard InChI is InChI=1S/C32H44O5Si2/c1-31(2,3)38(7,8)36-28-19-25(20-29(21-28)37-39(9,10)32(4,5)6)24-16-26(18-27(33)17-24)30(34)35-22-23-14-12-11-13-15-23/h11-21,33H,22H2,1-10H3. The van der Waals surface area contributed by atoms with E-state index in [0.717, 1.165) is 22.6 Å². The van der Waals surface area contributed by atoms with Gasteiger partial charge >= 0.3 is 5.97 Å². The van der Waals surface area contributed by atoms with Crippen LogP contribution in [-0.2, 0) is 11.3 Å². The Labute approximate surface area is 236 Å². The van der Waals surface area contributed by atoms with Gasteiger partial charge in [0.05, 0.1) is 5.56 Å². The molecule has 0 aliphatic carbocycles. The van der Waals surface area contributed by atoms with Crippen LogP contribution >= 0.6 is 0 Å². The molecule has 0 aliphatic heterocycles. The number of esters is 1. The van der Waals surface area contributed by atoms with Gasteiger partial charge in [0.25, 0.3) is 0 Å². The zero-order valence-corrected chi connectivity index (χ0v) is 27.1. The third-order valence-electron chi connectivity index (χ3n) is 7.94. The number of aromatic hydroxyl groups is 1. The van der Waals surface area contributed by atoms with Gasteiger partial charge in [-0.25, -0.2) is 4.79 Å². The Bertz CT molecular complexity index is 1260. The summed E-state index contributed by atoms with van der Waals surface area (Å²) in [5, 5.41) is 10.6. The Morgan fingerprint density at radius 2 is 1.21 bits per heavy atom. The SMILES string of the molecule is CC(C)(C)[Si](C)(C)Oc1cc(O[Si](C)(C)C(C)(C)C)cc(-c2cc(O)cc(C(=O)OCc3ccccc3)c2)c1. The molecular weight excluding hydrogens is 521 g/mol. The number of ether oxygens (including phenoxy) is 1. The number of carbonyl (C=O) groups is 1. The number of carbonyl (C=O) groups excluding carboxylic acids is 1. The quantitative estimate of drug-likeness (QED) is 0.218. The van der Waals surface area contributed by atoms with Crippen molar-refractivity contribution in [3.05, 3.63) is 77.9 Å². The van der Waals surface area contributed by atoms with Crippen LogP contribution in [0.3, 0.4) is 0 Å². The molecule has 0 saturated heterocycles. The van der Waals surface area contributed by atoms with Crippen molar-refractivity contribution in [3.63, 3.8) is 0 Å². The number of hydrogen-bond acceptors (Lipinski definition) is 5. The minimum absolute atomic E-state index is 0.0123. The van der Waals surface area contributed by atoms with Crippen molar-refractivity contribution < 1.29 is 23.5 Å². The third kappa shape index (κ3) is 7.76. The molecule has 0 fully saturated rings. The molecule has 0 atom stereocenters. The maximum Gasteiger partial charge on any atom is 0.338 e. The second-order valence-corrected chi connectivity index (χ2v) is 22.7. The summed E-state index contributed by atoms with van der Waals surface area (Å²) in [7, 11) is -4.28. The van der Waals surface area contributed by atoms with Crippen LogP contribution in [-0.4, -0.2) is 27.7 Å². The van der Waals surface area contributed by atoms with Gasteiger partial charge in [-0.2, -0.15) is 0 Å². The fraction of sp³-hybridized carbons (Fsp3) is 0.406. The van der Waals surface area contributed by atoms with E-state index in [4.69, 9.17) is 13.6 Å². The van der Waals surface area contributed by atoms with Crippen LogP contribution in [0.1, 0.15) is 57.5 Å². The largest absolute Gasteiger partial charge is 0.543 e. The molecule has 0 amide bonds. The minimum atomic E-state index is -2.14. The fourth-order valence-electron chi connectivity index (χ4n) is 3.45. The fourth-order valence-corrected chi connectivity index (χ4v) is 5.48. The lowest BCUT2D eigenvalue weighted by Gasteiger charge is -2.38. The first-order valence-electron chi connectivity index (χ1n) is 13.5. The van der Waals surface area contributed by atoms with E-state index >= 15 is 0 Å². The van der Waals surface area contributed by atoms with Crippen molar-refractivity contribution >= 4 is 22.6 Å². The van der Waals surface area contributed by atoms with Crippen LogP contribution < -0.4 is 8.85 Å². The molecule has 39 heavy (non-hydrogen) atoms. The molecule has 3 rings (SSSR count). The number of hydrogen-bond donors (Lipinski definition) is 1. The predicted octanol–water partition coefficient (Wildman–Crippen LogP) is 9.18. The Morgan fingerprint density at radius 3 is 1.69 bits per heavy atom. The lowest BCUT2D eigenvalue weighted by molar-refractivity contribution is 0.0472. The molecule has 0 heterocycles. The topological polar surface area (TPSA) is 65.0 Å². The number of phenols is 1. The highest BCUT2D eigenvalue weighted by molar-refractivity contribution is 6.75. The van der Waals surface area contributed by atoms with Gasteiger partial charge in [-0.05, 0) is 83.3 Å². The molecule has 0 aliphatic rings. The highest BCUT2D eigenvalue weighted by Crippen LogP contribution is 2.42. The van der Waals surface area contributed by atoms with Crippen LogP contribution in [0.25, 0.3) is 11.1 Å². The van der Waals surface area contributed by atoms with E-state index in [1.54, 1.807) is 12.1 Å². The van der Waals surface area contributed by atoms with Crippen molar-refractivity contribution in [3.8, 4) is 28.4 Å². The average molecular weight is 565 g/mol. The molecule has 1 N–H and O–H groups in total. The Kier molecular flexibility index (Phi) is 8.77. The van der Waals surface area contributed by atoms with Gasteiger partial charge in [-0.15, -0.1) is 0 Å². The number of phenolic OH excluding ortho intramolecular Hbond substituents is 1. The summed E-state index contributed by atoms with van der Waals surface area (Å²) in [4.78, 5) is 12.9. The van der Waals surface area contributed by atoms with Crippen molar-refractivity contribution in [1.82, 2.24) is 0 Å². The molecule has 3 aromatic carbocycles. The van der Waals surface area contributed by atoms with E-state index in [1.165, 1.54) is 6.07 Å². The van der Waals surface area contributed by atoms with Crippen molar-refractivity contribution in [1.29, 1.82) is 0 Å². The molecule has 5 nitrogen and oxygen atoms in total. The Hall–Kier alpha value is -3.04. The van der Waals surface area contributed by atoms with E-state index in [1.807, 2.05) is 48.5 Å². The van der Waals surface area contributed by atoms with E-state index in [-0.39, 0.29) is 28.0 Å². The molecule has 0 unspecified atom stereocenters. The molecular formula is C32H44O5Si2. The summed E-state index contributed by atoms with van der Waals surface area (Å²) >= 11 is 0. The summed E-state index contributed by atoms with van der Waals surface area (Å²) in [6.45, 7) is 22.2. The van der Waals surface area contributed by atoms with Gasteiger partial charge in [0.1, 0.15) is 23.9 Å². The molecule has 7 heteroatoms. The lowest BCUT2D eigenvalue weighted by atomic mass is 10.0. The van der Waals surface area contributed by atoms with Gasteiger partial charge in [-0.1, -0.05) is 71.9 Å². The van der Waals surface area contributed by atoms with Gasteiger partial charge in [-0.3, -0.25) is 0 Å². The Balaban J connectivity index is 2.02. The zero-order valence-electron chi connectivity index (χ0n) is 25.1. The van der Waals surface area contributed by atoms with Crippen LogP contribution in [0.5, 0.6) is 17.2 Å². The highest BCUT2D eigenvalue weighted by atomic mass is 28.4. The molecule has 0 saturated carbocycles. The molecule has 0 aromatic heterocycles. The average Bonchev–Trinajstić information content (AvgIpc) is 2.80. The van der Waals surface area contributed by atoms with E-state index < -0.39 is 22.6 Å². The minimum Gasteiger partial charge on any atom is -0.543 e. The van der Waals surface area contributed by atoms with E-state index in [0.29, 0.717) is 5.56 Å². The lowest BCUT2D eigenvalue weighted by Crippen LogP contribution is -2.44. The second kappa shape index (κ2) is 11.2. The smallest absolute Gasteiger partial charge is 0.338 e. The Morgan fingerprint density at radius 1 is 0.718 bits per heavy atom. The van der Waals surface area contributed by atoms with Crippen LogP contribution in [0.15, 0.2) is 66.7 Å². The number of rotatable bonds is 8. The van der Waals surface area contributed by atoms with Gasteiger partial charge in [0, 0.05) is 6.07 Å². The summed E-state index contributed by atoms with van der Waals surface area (Å²) < 4.78 is 18.9. The van der Waals surface area contributed by atoms with Gasteiger partial charge in [0.15, 0.2) is 0 Å².